The van der Waals surface area contributed by atoms with Crippen molar-refractivity contribution in [2.45, 2.75) is 33.2 Å². The third-order valence-electron chi connectivity index (χ3n) is 4.51. The molecule has 0 bridgehead atoms. The molecule has 5 nitrogen and oxygen atoms in total. The van der Waals surface area contributed by atoms with Gasteiger partial charge in [0.05, 0.1) is 6.54 Å². The second-order valence-electron chi connectivity index (χ2n) is 6.31. The van der Waals surface area contributed by atoms with E-state index >= 15 is 0 Å². The van der Waals surface area contributed by atoms with Gasteiger partial charge in [0.1, 0.15) is 5.69 Å². The molecule has 0 aliphatic carbocycles. The number of nitrogens with one attached hydrogen (secondary N) is 1. The molecule has 0 aliphatic heterocycles. The van der Waals surface area contributed by atoms with E-state index in [1.54, 1.807) is 0 Å². The van der Waals surface area contributed by atoms with Crippen LogP contribution in [0.5, 0.6) is 0 Å². The number of hydrogen-bond donors (Lipinski definition) is 1. The van der Waals surface area contributed by atoms with Crippen LogP contribution in [0.3, 0.4) is 0 Å². The van der Waals surface area contributed by atoms with Crippen molar-refractivity contribution >= 4 is 11.6 Å². The Morgan fingerprint density at radius 3 is 2.22 bits per heavy atom. The van der Waals surface area contributed by atoms with Gasteiger partial charge in [-0.1, -0.05) is 62.4 Å². The van der Waals surface area contributed by atoms with E-state index < -0.39 is 0 Å². The third-order valence-corrected chi connectivity index (χ3v) is 4.51. The van der Waals surface area contributed by atoms with Gasteiger partial charge < -0.3 is 5.32 Å². The highest BCUT2D eigenvalue weighted by Crippen LogP contribution is 2.23. The molecular weight excluding hydrogens is 338 g/mol. The van der Waals surface area contributed by atoms with Crippen LogP contribution in [0.25, 0.3) is 0 Å². The van der Waals surface area contributed by atoms with E-state index in [4.69, 9.17) is 0 Å². The van der Waals surface area contributed by atoms with Crippen molar-refractivity contribution < 1.29 is 4.79 Å². The maximum atomic E-state index is 12.8. The lowest BCUT2D eigenvalue weighted by Crippen LogP contribution is -2.27. The zero-order valence-corrected chi connectivity index (χ0v) is 15.6. The van der Waals surface area contributed by atoms with Gasteiger partial charge >= 0.3 is 0 Å². The monoisotopic (exact) mass is 361 g/mol. The molecule has 0 saturated carbocycles. The number of aryl methyl sites for hydroxylation is 2. The summed E-state index contributed by atoms with van der Waals surface area (Å²) < 4.78 is 1.32. The van der Waals surface area contributed by atoms with Crippen LogP contribution in [0.4, 0.5) is 5.69 Å². The van der Waals surface area contributed by atoms with E-state index in [2.05, 4.69) is 24.3 Å². The molecule has 1 heterocycles. The molecule has 0 aliphatic rings. The molecule has 1 amide bonds. The van der Waals surface area contributed by atoms with Crippen LogP contribution in [-0.4, -0.2) is 15.7 Å². The number of carbonyl (C=O) groups is 1. The molecule has 5 heteroatoms. The number of benzene rings is 2. The zero-order chi connectivity index (χ0) is 19.2. The Kier molecular flexibility index (Phi) is 5.81. The normalized spacial score (nSPS) is 10.6. The first-order chi connectivity index (χ1) is 13.1. The minimum atomic E-state index is -0.313. The van der Waals surface area contributed by atoms with Crippen LogP contribution in [-0.2, 0) is 19.4 Å². The topological polar surface area (TPSA) is 64.0 Å². The lowest BCUT2D eigenvalue weighted by atomic mass is 10.0. The molecule has 2 aromatic carbocycles. The van der Waals surface area contributed by atoms with Crippen molar-refractivity contribution in [2.75, 3.05) is 5.32 Å². The van der Waals surface area contributed by atoms with Gasteiger partial charge in [0.15, 0.2) is 0 Å². The Bertz CT molecular complexity index is 972. The Hall–Kier alpha value is -3.21. The maximum absolute atomic E-state index is 12.8. The van der Waals surface area contributed by atoms with Crippen LogP contribution in [0.15, 0.2) is 65.5 Å². The Morgan fingerprint density at radius 1 is 0.926 bits per heavy atom. The van der Waals surface area contributed by atoms with Crippen LogP contribution in [0.1, 0.15) is 41.0 Å². The summed E-state index contributed by atoms with van der Waals surface area (Å²) in [6, 6.07) is 18.5. The van der Waals surface area contributed by atoms with Crippen LogP contribution in [0.2, 0.25) is 0 Å². The van der Waals surface area contributed by atoms with Crippen LogP contribution < -0.4 is 10.9 Å². The molecule has 0 fully saturated rings. The summed E-state index contributed by atoms with van der Waals surface area (Å²) in [7, 11) is 0. The van der Waals surface area contributed by atoms with Gasteiger partial charge in [-0.15, -0.1) is 0 Å². The van der Waals surface area contributed by atoms with Crippen molar-refractivity contribution in [3.63, 3.8) is 0 Å². The second-order valence-corrected chi connectivity index (χ2v) is 6.31. The fourth-order valence-corrected chi connectivity index (χ4v) is 3.02. The van der Waals surface area contributed by atoms with Crippen molar-refractivity contribution in [3.8, 4) is 0 Å². The SMILES string of the molecule is CCc1cccc(CC)c1NC(=O)c1ccc(=O)n(Cc2ccccc2)n1. The third kappa shape index (κ3) is 4.31. The van der Waals surface area contributed by atoms with Crippen molar-refractivity contribution in [2.24, 2.45) is 0 Å². The van der Waals surface area contributed by atoms with E-state index in [1.165, 1.54) is 16.8 Å². The highest BCUT2D eigenvalue weighted by Gasteiger charge is 2.14. The fraction of sp³-hybridized carbons (Fsp3) is 0.227. The van der Waals surface area contributed by atoms with E-state index in [-0.39, 0.29) is 17.2 Å². The predicted molar refractivity (Wildman–Crippen MR) is 107 cm³/mol. The molecule has 0 radical (unpaired) electrons. The van der Waals surface area contributed by atoms with Crippen molar-refractivity contribution in [1.82, 2.24) is 9.78 Å². The minimum absolute atomic E-state index is 0.221. The second kappa shape index (κ2) is 8.45. The van der Waals surface area contributed by atoms with E-state index in [1.807, 2.05) is 48.5 Å². The quantitative estimate of drug-likeness (QED) is 0.729. The van der Waals surface area contributed by atoms with Gasteiger partial charge in [-0.2, -0.15) is 5.10 Å². The standard InChI is InChI=1S/C22H23N3O2/c1-3-17-11-8-12-18(4-2)21(17)23-22(27)19-13-14-20(26)25(24-19)15-16-9-6-5-7-10-16/h5-14H,3-4,15H2,1-2H3,(H,23,27). The molecule has 0 spiro atoms. The summed E-state index contributed by atoms with van der Waals surface area (Å²) in [5.74, 6) is -0.313. The van der Waals surface area contributed by atoms with Crippen LogP contribution in [0, 0.1) is 0 Å². The molecule has 0 atom stereocenters. The van der Waals surface area contributed by atoms with Crippen LogP contribution >= 0.6 is 0 Å². The summed E-state index contributed by atoms with van der Waals surface area (Å²) in [5, 5.41) is 7.26. The number of nitrogens with zero attached hydrogens (tertiary/aromatic N) is 2. The number of para-hydroxylation sites is 1. The number of rotatable bonds is 6. The molecular formula is C22H23N3O2. The number of hydrogen-bond acceptors (Lipinski definition) is 3. The Morgan fingerprint density at radius 2 is 1.59 bits per heavy atom. The lowest BCUT2D eigenvalue weighted by Gasteiger charge is -2.14. The highest BCUT2D eigenvalue weighted by atomic mass is 16.2. The Labute approximate surface area is 158 Å². The highest BCUT2D eigenvalue weighted by molar-refractivity contribution is 6.03. The molecule has 1 N–H and O–H groups in total. The van der Waals surface area contributed by atoms with E-state index in [0.29, 0.717) is 6.54 Å². The number of aromatic nitrogens is 2. The summed E-state index contributed by atoms with van der Waals surface area (Å²) in [6.07, 6.45) is 1.65. The van der Waals surface area contributed by atoms with Gasteiger partial charge in [-0.05, 0) is 35.6 Å². The number of anilines is 1. The van der Waals surface area contributed by atoms with Gasteiger partial charge in [0.25, 0.3) is 11.5 Å². The zero-order valence-electron chi connectivity index (χ0n) is 15.6. The average Bonchev–Trinajstić information content (AvgIpc) is 2.70. The molecule has 3 rings (SSSR count). The molecule has 1 aromatic heterocycles. The lowest BCUT2D eigenvalue weighted by molar-refractivity contribution is 0.101. The van der Waals surface area contributed by atoms with Crippen molar-refractivity contribution in [3.05, 3.63) is 93.4 Å². The summed E-state index contributed by atoms with van der Waals surface area (Å²) in [5.41, 5.74) is 3.95. The number of amides is 1. The molecule has 27 heavy (non-hydrogen) atoms. The van der Waals surface area contributed by atoms with Gasteiger partial charge in [-0.25, -0.2) is 4.68 Å². The van der Waals surface area contributed by atoms with Crippen molar-refractivity contribution in [1.29, 1.82) is 0 Å². The summed E-state index contributed by atoms with van der Waals surface area (Å²) >= 11 is 0. The molecule has 3 aromatic rings. The summed E-state index contributed by atoms with van der Waals surface area (Å²) in [6.45, 7) is 4.44. The molecule has 138 valence electrons. The minimum Gasteiger partial charge on any atom is -0.320 e. The first-order valence-corrected chi connectivity index (χ1v) is 9.16. The first-order valence-electron chi connectivity index (χ1n) is 9.16. The fourth-order valence-electron chi connectivity index (χ4n) is 3.02. The Balaban J connectivity index is 1.88. The largest absolute Gasteiger partial charge is 0.320 e. The molecule has 0 unspecified atom stereocenters. The number of carbonyl (C=O) groups excluding carboxylic acids is 1. The van der Waals surface area contributed by atoms with Gasteiger partial charge in [0.2, 0.25) is 0 Å². The predicted octanol–water partition coefficient (Wildman–Crippen LogP) is 3.67. The van der Waals surface area contributed by atoms with Gasteiger partial charge in [0, 0.05) is 11.8 Å². The summed E-state index contributed by atoms with van der Waals surface area (Å²) in [4.78, 5) is 24.9. The van der Waals surface area contributed by atoms with E-state index in [9.17, 15) is 9.59 Å². The maximum Gasteiger partial charge on any atom is 0.276 e. The van der Waals surface area contributed by atoms with Gasteiger partial charge in [-0.3, -0.25) is 9.59 Å². The van der Waals surface area contributed by atoms with E-state index in [0.717, 1.165) is 35.2 Å². The smallest absolute Gasteiger partial charge is 0.276 e. The average molecular weight is 361 g/mol. The molecule has 0 saturated heterocycles. The first kappa shape index (κ1) is 18.6.